The summed E-state index contributed by atoms with van der Waals surface area (Å²) in [6.07, 6.45) is 2.32. The van der Waals surface area contributed by atoms with Crippen LogP contribution in [-0.4, -0.2) is 31.0 Å². The van der Waals surface area contributed by atoms with E-state index >= 15 is 0 Å². The number of carboxylic acids is 1. The van der Waals surface area contributed by atoms with Crippen molar-refractivity contribution in [1.29, 1.82) is 0 Å². The zero-order chi connectivity index (χ0) is 15.1. The molecule has 6 nitrogen and oxygen atoms in total. The van der Waals surface area contributed by atoms with Crippen LogP contribution in [0.25, 0.3) is 0 Å². The molecule has 0 radical (unpaired) electrons. The summed E-state index contributed by atoms with van der Waals surface area (Å²) in [5, 5.41) is 9.02. The average Bonchev–Trinajstić information content (AvgIpc) is 3.12. The molecule has 3 N–H and O–H groups in total. The number of H-pyrrole nitrogens is 1. The maximum Gasteiger partial charge on any atom is 0.352 e. The van der Waals surface area contributed by atoms with Crippen LogP contribution >= 0.6 is 0 Å². The van der Waals surface area contributed by atoms with Gasteiger partial charge in [-0.2, -0.15) is 0 Å². The minimum Gasteiger partial charge on any atom is -0.477 e. The van der Waals surface area contributed by atoms with Crippen LogP contribution in [0.5, 0.6) is 0 Å². The van der Waals surface area contributed by atoms with Crippen molar-refractivity contribution in [1.82, 2.24) is 9.71 Å². The van der Waals surface area contributed by atoms with Crippen LogP contribution in [0.3, 0.4) is 0 Å². The second-order valence-electron chi connectivity index (χ2n) is 5.55. The topological polar surface area (TPSA) is 99.3 Å². The van der Waals surface area contributed by atoms with Crippen molar-refractivity contribution < 1.29 is 18.3 Å². The lowest BCUT2D eigenvalue weighted by molar-refractivity contribution is 0.0690. The molecule has 0 saturated heterocycles. The maximum atomic E-state index is 12.3. The number of aromatic nitrogens is 1. The molecule has 0 bridgehead atoms. The molecule has 0 aliphatic heterocycles. The molecule has 112 valence electrons. The highest BCUT2D eigenvalue weighted by Crippen LogP contribution is 2.36. The Hall–Kier alpha value is -1.34. The van der Waals surface area contributed by atoms with Gasteiger partial charge in [0.25, 0.3) is 0 Å². The SMILES string of the molecule is Cc1[nH]c(C(=O)O)c(C)c1S(=O)(=O)NCC(C)C1CC1. The van der Waals surface area contributed by atoms with Gasteiger partial charge >= 0.3 is 5.97 Å². The molecule has 1 unspecified atom stereocenters. The summed E-state index contributed by atoms with van der Waals surface area (Å²) in [4.78, 5) is 13.7. The van der Waals surface area contributed by atoms with Gasteiger partial charge < -0.3 is 10.1 Å². The molecule has 1 atom stereocenters. The van der Waals surface area contributed by atoms with Gasteiger partial charge in [0.15, 0.2) is 0 Å². The standard InChI is InChI=1S/C13H20N2O4S/c1-7(10-4-5-10)6-14-20(18,19)12-8(2)11(13(16)17)15-9(12)3/h7,10,14-15H,4-6H2,1-3H3,(H,16,17). The number of nitrogens with one attached hydrogen (secondary N) is 2. The van der Waals surface area contributed by atoms with Gasteiger partial charge in [-0.15, -0.1) is 0 Å². The maximum absolute atomic E-state index is 12.3. The first-order chi connectivity index (χ1) is 9.24. The number of aromatic amines is 1. The summed E-state index contributed by atoms with van der Waals surface area (Å²) in [5.74, 6) is -0.234. The minimum absolute atomic E-state index is 0.0536. The first kappa shape index (κ1) is 15.1. The highest BCUT2D eigenvalue weighted by molar-refractivity contribution is 7.89. The van der Waals surface area contributed by atoms with E-state index in [0.717, 1.165) is 12.8 Å². The predicted octanol–water partition coefficient (Wildman–Crippen LogP) is 1.65. The van der Waals surface area contributed by atoms with Gasteiger partial charge in [-0.3, -0.25) is 0 Å². The zero-order valence-corrected chi connectivity index (χ0v) is 12.7. The van der Waals surface area contributed by atoms with E-state index in [1.807, 2.05) is 6.92 Å². The monoisotopic (exact) mass is 300 g/mol. The first-order valence-corrected chi connectivity index (χ1v) is 8.14. The Kier molecular flexibility index (Phi) is 3.93. The van der Waals surface area contributed by atoms with Gasteiger partial charge in [0.2, 0.25) is 10.0 Å². The Morgan fingerprint density at radius 1 is 1.45 bits per heavy atom. The van der Waals surface area contributed by atoms with E-state index in [0.29, 0.717) is 24.1 Å². The van der Waals surface area contributed by atoms with E-state index in [-0.39, 0.29) is 16.2 Å². The Bertz CT molecular complexity index is 629. The smallest absolute Gasteiger partial charge is 0.352 e. The number of hydrogen-bond donors (Lipinski definition) is 3. The van der Waals surface area contributed by atoms with Crippen LogP contribution in [0.4, 0.5) is 0 Å². The number of rotatable bonds is 6. The fraction of sp³-hybridized carbons (Fsp3) is 0.615. The third kappa shape index (κ3) is 2.88. The van der Waals surface area contributed by atoms with Gasteiger partial charge in [0, 0.05) is 17.8 Å². The van der Waals surface area contributed by atoms with Crippen LogP contribution in [0.15, 0.2) is 4.90 Å². The Balaban J connectivity index is 2.22. The highest BCUT2D eigenvalue weighted by atomic mass is 32.2. The summed E-state index contributed by atoms with van der Waals surface area (Å²) in [7, 11) is -3.68. The zero-order valence-electron chi connectivity index (χ0n) is 11.9. The van der Waals surface area contributed by atoms with Crippen LogP contribution in [0.1, 0.15) is 41.5 Å². The Morgan fingerprint density at radius 3 is 2.50 bits per heavy atom. The fourth-order valence-corrected chi connectivity index (χ4v) is 4.08. The highest BCUT2D eigenvalue weighted by Gasteiger charge is 2.30. The molecule has 1 aromatic rings. The number of hydrogen-bond acceptors (Lipinski definition) is 3. The molecular weight excluding hydrogens is 280 g/mol. The van der Waals surface area contributed by atoms with E-state index in [2.05, 4.69) is 9.71 Å². The molecule has 1 aliphatic rings. The van der Waals surface area contributed by atoms with Crippen LogP contribution in [0.2, 0.25) is 0 Å². The third-order valence-electron chi connectivity index (χ3n) is 3.87. The molecule has 1 aliphatic carbocycles. The Labute approximate surface area is 118 Å². The van der Waals surface area contributed by atoms with Crippen LogP contribution in [0, 0.1) is 25.7 Å². The second kappa shape index (κ2) is 5.21. The van der Waals surface area contributed by atoms with E-state index in [4.69, 9.17) is 5.11 Å². The van der Waals surface area contributed by atoms with Crippen molar-refractivity contribution in [3.8, 4) is 0 Å². The van der Waals surface area contributed by atoms with Gasteiger partial charge in [-0.25, -0.2) is 17.9 Å². The molecule has 0 amide bonds. The largest absolute Gasteiger partial charge is 0.477 e. The molecule has 0 spiro atoms. The van der Waals surface area contributed by atoms with Crippen molar-refractivity contribution in [2.24, 2.45) is 11.8 Å². The van der Waals surface area contributed by atoms with Crippen molar-refractivity contribution in [2.75, 3.05) is 6.54 Å². The molecule has 1 saturated carbocycles. The second-order valence-corrected chi connectivity index (χ2v) is 7.25. The normalized spacial score (nSPS) is 17.1. The molecule has 0 aromatic carbocycles. The summed E-state index contributed by atoms with van der Waals surface area (Å²) in [6, 6.07) is 0. The van der Waals surface area contributed by atoms with Crippen molar-refractivity contribution in [3.05, 3.63) is 17.0 Å². The van der Waals surface area contributed by atoms with E-state index in [9.17, 15) is 13.2 Å². The third-order valence-corrected chi connectivity index (χ3v) is 5.57. The summed E-state index contributed by atoms with van der Waals surface area (Å²) >= 11 is 0. The molecule has 7 heteroatoms. The van der Waals surface area contributed by atoms with Gasteiger partial charge in [-0.05, 0) is 38.5 Å². The lowest BCUT2D eigenvalue weighted by Gasteiger charge is -2.12. The quantitative estimate of drug-likeness (QED) is 0.744. The lowest BCUT2D eigenvalue weighted by atomic mass is 10.1. The van der Waals surface area contributed by atoms with Gasteiger partial charge in [0.1, 0.15) is 10.6 Å². The van der Waals surface area contributed by atoms with E-state index in [1.54, 1.807) is 6.92 Å². The lowest BCUT2D eigenvalue weighted by Crippen LogP contribution is -2.29. The van der Waals surface area contributed by atoms with Gasteiger partial charge in [-0.1, -0.05) is 6.92 Å². The molecule has 2 rings (SSSR count). The minimum atomic E-state index is -3.68. The summed E-state index contributed by atoms with van der Waals surface area (Å²) in [5.41, 5.74) is 0.533. The molecule has 1 aromatic heterocycles. The number of carbonyl (C=O) groups is 1. The first-order valence-electron chi connectivity index (χ1n) is 6.66. The summed E-state index contributed by atoms with van der Waals surface area (Å²) in [6.45, 7) is 5.49. The average molecular weight is 300 g/mol. The molecule has 20 heavy (non-hydrogen) atoms. The summed E-state index contributed by atoms with van der Waals surface area (Å²) < 4.78 is 27.3. The number of carboxylic acid groups (broad SMARTS) is 1. The molecular formula is C13H20N2O4S. The van der Waals surface area contributed by atoms with E-state index < -0.39 is 16.0 Å². The van der Waals surface area contributed by atoms with Crippen molar-refractivity contribution >= 4 is 16.0 Å². The van der Waals surface area contributed by atoms with E-state index in [1.165, 1.54) is 6.92 Å². The van der Waals surface area contributed by atoms with Crippen molar-refractivity contribution in [2.45, 2.75) is 38.5 Å². The molecule has 1 heterocycles. The molecule has 1 fully saturated rings. The number of aryl methyl sites for hydroxylation is 1. The van der Waals surface area contributed by atoms with Gasteiger partial charge in [0.05, 0.1) is 0 Å². The van der Waals surface area contributed by atoms with Crippen LogP contribution in [-0.2, 0) is 10.0 Å². The number of sulfonamides is 1. The predicted molar refractivity (Wildman–Crippen MR) is 74.3 cm³/mol. The fourth-order valence-electron chi connectivity index (χ4n) is 2.50. The number of aromatic carboxylic acids is 1. The Morgan fingerprint density at radius 2 is 2.05 bits per heavy atom. The van der Waals surface area contributed by atoms with Crippen molar-refractivity contribution in [3.63, 3.8) is 0 Å². The van der Waals surface area contributed by atoms with Crippen LogP contribution < -0.4 is 4.72 Å².